The lowest BCUT2D eigenvalue weighted by Crippen LogP contribution is -2.16. The zero-order chi connectivity index (χ0) is 19.6. The van der Waals surface area contributed by atoms with E-state index in [0.29, 0.717) is 17.1 Å². The van der Waals surface area contributed by atoms with Crippen LogP contribution < -0.4 is 5.32 Å². The maximum absolute atomic E-state index is 13.0. The summed E-state index contributed by atoms with van der Waals surface area (Å²) in [6.45, 7) is 1.70. The molecule has 0 bridgehead atoms. The average Bonchev–Trinajstić information content (AvgIpc) is 3.01. The van der Waals surface area contributed by atoms with Gasteiger partial charge in [-0.2, -0.15) is 18.3 Å². The summed E-state index contributed by atoms with van der Waals surface area (Å²) in [6.07, 6.45) is -2.60. The number of carbonyl (C=O) groups is 1. The fraction of sp³-hybridized carbons (Fsp3) is 0.158. The van der Waals surface area contributed by atoms with Gasteiger partial charge in [0.25, 0.3) is 5.91 Å². The van der Waals surface area contributed by atoms with Gasteiger partial charge in [-0.05, 0) is 43.5 Å². The number of aryl methyl sites for hydroxylation is 1. The first-order chi connectivity index (χ1) is 12.8. The highest BCUT2D eigenvalue weighted by Crippen LogP contribution is 2.31. The molecule has 0 fully saturated rings. The molecule has 0 aliphatic heterocycles. The van der Waals surface area contributed by atoms with Crippen LogP contribution in [0.3, 0.4) is 0 Å². The molecule has 0 saturated heterocycles. The summed E-state index contributed by atoms with van der Waals surface area (Å²) in [5.41, 5.74) is 0.491. The van der Waals surface area contributed by atoms with Crippen molar-refractivity contribution in [3.63, 3.8) is 0 Å². The van der Waals surface area contributed by atoms with E-state index < -0.39 is 11.7 Å². The smallest absolute Gasteiger partial charge is 0.306 e. The van der Waals surface area contributed by atoms with Crippen LogP contribution in [-0.4, -0.2) is 21.9 Å². The number of thioether (sulfide) groups is 1. The minimum absolute atomic E-state index is 0.214. The molecule has 0 atom stereocenters. The molecule has 0 unspecified atom stereocenters. The third kappa shape index (κ3) is 4.16. The van der Waals surface area contributed by atoms with Crippen LogP contribution in [0.25, 0.3) is 5.69 Å². The minimum Gasteiger partial charge on any atom is -0.306 e. The van der Waals surface area contributed by atoms with Gasteiger partial charge in [0.2, 0.25) is 0 Å². The Morgan fingerprint density at radius 3 is 2.56 bits per heavy atom. The predicted molar refractivity (Wildman–Crippen MR) is 99.5 cm³/mol. The topological polar surface area (TPSA) is 46.9 Å². The number of rotatable bonds is 4. The van der Waals surface area contributed by atoms with Crippen LogP contribution in [0.4, 0.5) is 19.0 Å². The van der Waals surface area contributed by atoms with E-state index in [4.69, 9.17) is 0 Å². The lowest BCUT2D eigenvalue weighted by atomic mass is 10.2. The molecule has 2 aromatic carbocycles. The zero-order valence-electron chi connectivity index (χ0n) is 14.5. The highest BCUT2D eigenvalue weighted by molar-refractivity contribution is 7.98. The van der Waals surface area contributed by atoms with Gasteiger partial charge in [-0.15, -0.1) is 11.8 Å². The number of halogens is 3. The van der Waals surface area contributed by atoms with Gasteiger partial charge in [0.05, 0.1) is 22.5 Å². The van der Waals surface area contributed by atoms with Gasteiger partial charge in [0.15, 0.2) is 0 Å². The quantitative estimate of drug-likeness (QED) is 0.624. The van der Waals surface area contributed by atoms with Crippen LogP contribution in [-0.2, 0) is 6.18 Å². The summed E-state index contributed by atoms with van der Waals surface area (Å²) in [4.78, 5) is 13.5. The molecule has 0 aliphatic carbocycles. The SMILES string of the molecule is CSc1ccccc1C(=O)Nc1cc(C)nn1-c1cccc(C(F)(F)F)c1. The van der Waals surface area contributed by atoms with Gasteiger partial charge >= 0.3 is 6.18 Å². The first-order valence-electron chi connectivity index (χ1n) is 7.98. The highest BCUT2D eigenvalue weighted by atomic mass is 32.2. The summed E-state index contributed by atoms with van der Waals surface area (Å²) >= 11 is 1.44. The van der Waals surface area contributed by atoms with Crippen molar-refractivity contribution in [2.24, 2.45) is 0 Å². The maximum Gasteiger partial charge on any atom is 0.416 e. The van der Waals surface area contributed by atoms with Crippen molar-refractivity contribution in [1.29, 1.82) is 0 Å². The van der Waals surface area contributed by atoms with E-state index in [0.717, 1.165) is 17.0 Å². The van der Waals surface area contributed by atoms with Gasteiger partial charge in [-0.1, -0.05) is 18.2 Å². The average molecular weight is 391 g/mol. The summed E-state index contributed by atoms with van der Waals surface area (Å²) in [6, 6.07) is 13.5. The van der Waals surface area contributed by atoms with Crippen LogP contribution in [0.5, 0.6) is 0 Å². The largest absolute Gasteiger partial charge is 0.416 e. The molecule has 0 radical (unpaired) electrons. The van der Waals surface area contributed by atoms with E-state index in [1.807, 2.05) is 18.4 Å². The van der Waals surface area contributed by atoms with Gasteiger partial charge in [0.1, 0.15) is 5.82 Å². The van der Waals surface area contributed by atoms with E-state index in [2.05, 4.69) is 10.4 Å². The fourth-order valence-corrected chi connectivity index (χ4v) is 3.21. The Bertz CT molecular complexity index is 982. The molecule has 4 nitrogen and oxygen atoms in total. The fourth-order valence-electron chi connectivity index (χ4n) is 2.62. The molecule has 0 saturated carbocycles. The lowest BCUT2D eigenvalue weighted by molar-refractivity contribution is -0.137. The van der Waals surface area contributed by atoms with Gasteiger partial charge in [-0.25, -0.2) is 4.68 Å². The monoisotopic (exact) mass is 391 g/mol. The molecular weight excluding hydrogens is 375 g/mol. The first kappa shape index (κ1) is 19.0. The van der Waals surface area contributed by atoms with E-state index in [1.165, 1.54) is 28.6 Å². The lowest BCUT2D eigenvalue weighted by Gasteiger charge is -2.12. The Morgan fingerprint density at radius 2 is 1.85 bits per heavy atom. The van der Waals surface area contributed by atoms with Crippen molar-refractivity contribution < 1.29 is 18.0 Å². The van der Waals surface area contributed by atoms with Gasteiger partial charge in [-0.3, -0.25) is 4.79 Å². The molecule has 0 spiro atoms. The molecule has 8 heteroatoms. The van der Waals surface area contributed by atoms with E-state index in [1.54, 1.807) is 25.1 Å². The second-order valence-corrected chi connectivity index (χ2v) is 6.63. The number of amides is 1. The molecule has 0 aliphatic rings. The number of benzene rings is 2. The molecule has 140 valence electrons. The third-order valence-corrected chi connectivity index (χ3v) is 4.64. The molecule has 3 rings (SSSR count). The van der Waals surface area contributed by atoms with Crippen molar-refractivity contribution in [3.8, 4) is 5.69 Å². The number of hydrogen-bond acceptors (Lipinski definition) is 3. The van der Waals surface area contributed by atoms with Crippen molar-refractivity contribution in [1.82, 2.24) is 9.78 Å². The highest BCUT2D eigenvalue weighted by Gasteiger charge is 2.30. The van der Waals surface area contributed by atoms with E-state index in [-0.39, 0.29) is 11.6 Å². The van der Waals surface area contributed by atoms with Crippen LogP contribution >= 0.6 is 11.8 Å². The molecule has 27 heavy (non-hydrogen) atoms. The summed E-state index contributed by atoms with van der Waals surface area (Å²) in [5, 5.41) is 6.97. The van der Waals surface area contributed by atoms with Crippen LogP contribution in [0.15, 0.2) is 59.5 Å². The number of alkyl halides is 3. The second kappa shape index (κ2) is 7.48. The number of aromatic nitrogens is 2. The zero-order valence-corrected chi connectivity index (χ0v) is 15.4. The molecule has 1 N–H and O–H groups in total. The van der Waals surface area contributed by atoms with E-state index >= 15 is 0 Å². The Kier molecular flexibility index (Phi) is 5.27. The normalized spacial score (nSPS) is 11.4. The Labute approximate surface area is 158 Å². The summed E-state index contributed by atoms with van der Waals surface area (Å²) in [5.74, 6) is -0.0548. The maximum atomic E-state index is 13.0. The van der Waals surface area contributed by atoms with Crippen molar-refractivity contribution in [3.05, 3.63) is 71.4 Å². The standard InChI is InChI=1S/C19H16F3N3OS/c1-12-10-17(23-18(26)15-8-3-4-9-16(15)27-2)25(24-12)14-7-5-6-13(11-14)19(20,21)22/h3-11H,1-2H3,(H,23,26). The number of nitrogens with zero attached hydrogens (tertiary/aromatic N) is 2. The minimum atomic E-state index is -4.46. The predicted octanol–water partition coefficient (Wildman–Crippen LogP) is 5.17. The van der Waals surface area contributed by atoms with Crippen LogP contribution in [0, 0.1) is 6.92 Å². The van der Waals surface area contributed by atoms with Crippen molar-refractivity contribution >= 4 is 23.5 Å². The first-order valence-corrected chi connectivity index (χ1v) is 9.21. The van der Waals surface area contributed by atoms with Crippen LogP contribution in [0.1, 0.15) is 21.6 Å². The van der Waals surface area contributed by atoms with Gasteiger partial charge < -0.3 is 5.32 Å². The summed E-state index contributed by atoms with van der Waals surface area (Å²) in [7, 11) is 0. The van der Waals surface area contributed by atoms with Crippen molar-refractivity contribution in [2.45, 2.75) is 18.0 Å². The number of nitrogens with one attached hydrogen (secondary N) is 1. The van der Waals surface area contributed by atoms with Gasteiger partial charge in [0, 0.05) is 11.0 Å². The number of carbonyl (C=O) groups excluding carboxylic acids is 1. The molecule has 1 heterocycles. The van der Waals surface area contributed by atoms with E-state index in [9.17, 15) is 18.0 Å². The summed E-state index contributed by atoms with van der Waals surface area (Å²) < 4.78 is 40.3. The third-order valence-electron chi connectivity index (χ3n) is 3.84. The molecule has 1 amide bonds. The number of anilines is 1. The molecule has 3 aromatic rings. The Balaban J connectivity index is 1.97. The Hall–Kier alpha value is -2.74. The molecule has 1 aromatic heterocycles. The van der Waals surface area contributed by atoms with Crippen molar-refractivity contribution in [2.75, 3.05) is 11.6 Å². The molecular formula is C19H16F3N3OS. The van der Waals surface area contributed by atoms with Crippen LogP contribution in [0.2, 0.25) is 0 Å². The number of hydrogen-bond donors (Lipinski definition) is 1. The second-order valence-electron chi connectivity index (χ2n) is 5.79. The Morgan fingerprint density at radius 1 is 1.11 bits per heavy atom.